The minimum Gasteiger partial charge on any atom is -0.462 e. The molecule has 0 aromatic heterocycles. The highest BCUT2D eigenvalue weighted by Gasteiger charge is 2.50. The number of esters is 10. The van der Waals surface area contributed by atoms with Gasteiger partial charge in [0.15, 0.2) is 0 Å². The molecule has 5 saturated heterocycles. The van der Waals surface area contributed by atoms with Crippen molar-refractivity contribution in [2.45, 2.75) is 422 Å². The fourth-order valence-corrected chi connectivity index (χ4v) is 24.6. The van der Waals surface area contributed by atoms with E-state index >= 15 is 0 Å². The van der Waals surface area contributed by atoms with Crippen molar-refractivity contribution in [2.24, 2.45) is 148 Å². The van der Waals surface area contributed by atoms with Gasteiger partial charge < -0.3 is 72.9 Å². The number of fused-ring (bicyclic) bond motifs is 5. The Morgan fingerprint density at radius 2 is 0.579 bits per heavy atom. The first kappa shape index (κ1) is 83.6. The maximum atomic E-state index is 13.4. The Kier molecular flexibility index (Phi) is 31.8. The van der Waals surface area contributed by atoms with Gasteiger partial charge in [0.1, 0.15) is 61.0 Å². The number of cyclic esters (lactones) is 5. The van der Waals surface area contributed by atoms with Gasteiger partial charge in [0.25, 0.3) is 0 Å². The largest absolute Gasteiger partial charge is 0.462 e. The quantitative estimate of drug-likeness (QED) is 0.0291. The molecule has 0 amide bonds. The van der Waals surface area contributed by atoms with Gasteiger partial charge in [0.05, 0.1) is 92.1 Å². The first-order valence-electron chi connectivity index (χ1n) is 66.7. The van der Waals surface area contributed by atoms with Crippen molar-refractivity contribution in [3.05, 3.63) is 119 Å². The number of allylic oxidation sites excluding steroid dienone is 15. The third-order valence-electron chi connectivity index (χ3n) is 32.6. The average molecular weight is 2050 g/mol. The Balaban J connectivity index is 0.000000201. The molecule has 5 aliphatic heterocycles. The lowest BCUT2D eigenvalue weighted by molar-refractivity contribution is -0.162. The lowest BCUT2D eigenvalue weighted by Crippen LogP contribution is -2.42. The Morgan fingerprint density at radius 1 is 0.338 bits per heavy atom. The van der Waals surface area contributed by atoms with E-state index in [1.165, 1.54) is 18.1 Å². The van der Waals surface area contributed by atoms with Crippen LogP contribution in [-0.2, 0) is 95.3 Å². The average Bonchev–Trinajstić information content (AvgIpc) is 0.719. The van der Waals surface area contributed by atoms with Crippen molar-refractivity contribution in [1.82, 2.24) is 0 Å². The summed E-state index contributed by atoms with van der Waals surface area (Å²) in [6.45, 7) is 17.3. The van der Waals surface area contributed by atoms with Crippen molar-refractivity contribution in [1.29, 1.82) is 7.16 Å². The van der Waals surface area contributed by atoms with E-state index in [4.69, 9.17) is 84.7 Å². The first-order valence-corrected chi connectivity index (χ1v) is 53.7. The van der Waals surface area contributed by atoms with Crippen LogP contribution < -0.4 is 0 Å². The number of carbonyl (C=O) groups excluding carboxylic acids is 10. The monoisotopic (exact) mass is 2050 g/mol. The number of hydrogen-bond acceptors (Lipinski definition) is 25. The van der Waals surface area contributed by atoms with E-state index in [9.17, 15) is 47.9 Å². The van der Waals surface area contributed by atoms with Crippen LogP contribution in [0.5, 0.6) is 0 Å². The zero-order valence-electron chi connectivity index (χ0n) is 115. The van der Waals surface area contributed by atoms with Gasteiger partial charge in [-0.3, -0.25) is 47.9 Å². The number of rotatable bonds is 35. The van der Waals surface area contributed by atoms with Crippen LogP contribution >= 0.6 is 0 Å². The van der Waals surface area contributed by atoms with E-state index in [2.05, 4.69) is 134 Å². The molecule has 0 spiro atoms. The number of aliphatic hydroxyl groups excluding tert-OH is 5. The van der Waals surface area contributed by atoms with Gasteiger partial charge in [-0.15, -0.1) is 0 Å². The molecule has 5 N–H and O–H groups in total. The molecule has 5 unspecified atom stereocenters. The number of aliphatic hydroxyl groups is 5. The van der Waals surface area contributed by atoms with Crippen LogP contribution in [0.1, 0.15) is 361 Å². The van der Waals surface area contributed by atoms with E-state index in [0.717, 1.165) is 55.7 Å². The molecule has 25 heteroatoms. The molecule has 40 atom stereocenters. The topological polar surface area (TPSA) is 364 Å². The summed E-state index contributed by atoms with van der Waals surface area (Å²) < 4.78 is 265. The summed E-state index contributed by atoms with van der Waals surface area (Å²) in [6.07, 6.45) is 27.6. The van der Waals surface area contributed by atoms with Gasteiger partial charge in [-0.1, -0.05) is 229 Å². The molecule has 10 aliphatic carbocycles. The second-order valence-electron chi connectivity index (χ2n) is 44.2. The summed E-state index contributed by atoms with van der Waals surface area (Å²) >= 11 is 0. The predicted octanol–water partition coefficient (Wildman–Crippen LogP) is 21.0. The van der Waals surface area contributed by atoms with Gasteiger partial charge in [-0.05, 0) is 245 Å². The fourth-order valence-electron chi connectivity index (χ4n) is 24.6. The lowest BCUT2D eigenvalue weighted by atomic mass is 9.65. The number of hydrogen-bond donors (Lipinski definition) is 5. The van der Waals surface area contributed by atoms with Crippen LogP contribution in [0.3, 0.4) is 0 Å². The Hall–Kier alpha value is -8.10. The zero-order chi connectivity index (χ0) is 128. The Morgan fingerprint density at radius 3 is 0.834 bits per heavy atom. The molecule has 0 saturated carbocycles. The molecule has 25 nitrogen and oxygen atoms in total. The van der Waals surface area contributed by atoms with Crippen LogP contribution in [0, 0.1) is 148 Å². The molecular weight excluding hydrogens is 1840 g/mol. The summed E-state index contributed by atoms with van der Waals surface area (Å²) in [4.78, 5) is 124. The highest BCUT2D eigenvalue weighted by Crippen LogP contribution is 2.53. The first-order chi connectivity index (χ1) is 80.0. The van der Waals surface area contributed by atoms with Crippen LogP contribution in [-0.4, -0.2) is 184 Å². The SMILES string of the molecule is [2H]O[C@@H]1CC(CC[C@@H]2[C@@H]3C(=C[C@H](C)C[C@@H]3OC(=O)[C@@H](C)CC)C=C[C@@H]2C)OC(=O)C1([2H])[2H].[2H]O[C@H]1CC(=O)OC(CC[C@@H]2[C@@H]3C(=C[C@H](C)C[C@@H]3OC(=O)[C@@]([2H])(C([2H])([2H])[2H])C([2H])([2H])C([2H])([2H])[2H])C=C[C@@H]2C)C1.[2H]O[C@H]1CC(=O)OC(CC[C@@H]2[C@@H]3C(=C[C@H](C)C[C@@H]3OC(=O)[C@@]([2H])(C)C([2H])([2H])C([2H])([2H])[2H])C=C[C@@H]2C)C1.[2H]O[C@H]1CC(=O)OC(CC[C@@H]2[C@@H]3C(=C[C@H](C)C[C@@H]3OC(=O)[C@@]([2H])(C)CC)C=C[C@@H]2C)C1.[2H]O[C@H]1CC(=O)OC(CC[C@@H]2[C@@H]3C(=C[C@H](C)C[C@@H]3OC(=O)[C@]([2H])(CC)C([2H])([2H])[2H])C=C[C@@H]2C)C1. The Bertz CT molecular complexity index is 5790. The number of ether oxygens (including phenoxy) is 10. The van der Waals surface area contributed by atoms with Crippen molar-refractivity contribution >= 4 is 59.7 Å². The smallest absolute Gasteiger partial charge is 0.308 e. The van der Waals surface area contributed by atoms with Gasteiger partial charge in [0.2, 0.25) is 7.16 Å². The highest BCUT2D eigenvalue weighted by molar-refractivity contribution is 5.76. The second kappa shape index (κ2) is 55.1. The highest BCUT2D eigenvalue weighted by atomic mass is 16.6. The maximum absolute atomic E-state index is 13.4. The summed E-state index contributed by atoms with van der Waals surface area (Å²) in [7, 11) is 0. The van der Waals surface area contributed by atoms with E-state index in [0.29, 0.717) is 114 Å². The number of carbonyl (C=O) groups is 10. The standard InChI is InChI=1S/5C24H36O5/c5*1-5-15(3)24(27)29-21-11-14(2)10-17-7-6-16(4)20(23(17)21)9-8-19-12-18(25)13-22(26)28-19/h5*6-7,10,14-16,18-21,23,25H,5,8-9,11-13H2,1-4H3/t5*14-,15-,16-,18+,19?,20-,21-,23-/m00000/s1/i1D3,3D3,5D2,15D,25D;1D3,5D2,15D,25D;3D3,15D,25D;15D,25D;13D2,25D. The molecule has 0 radical (unpaired) electrons. The summed E-state index contributed by atoms with van der Waals surface area (Å²) in [5, 5.41) is 23.0. The summed E-state index contributed by atoms with van der Waals surface area (Å²) in [5.74, 6) is -15.6. The van der Waals surface area contributed by atoms with E-state index < -0.39 is 179 Å². The van der Waals surface area contributed by atoms with E-state index in [1.807, 2.05) is 72.8 Å². The maximum Gasteiger partial charge on any atom is 0.308 e. The molecular formula is C120H180O25. The molecule has 5 fully saturated rings. The van der Waals surface area contributed by atoms with Crippen molar-refractivity contribution < 1.29 is 151 Å². The fraction of sp³-hybridized carbons (Fsp3) is 0.750. The van der Waals surface area contributed by atoms with Gasteiger partial charge in [0, 0.05) is 91.9 Å². The van der Waals surface area contributed by atoms with Crippen molar-refractivity contribution in [3.8, 4) is 0 Å². The third-order valence-corrected chi connectivity index (χ3v) is 32.6. The van der Waals surface area contributed by atoms with Crippen molar-refractivity contribution in [2.75, 3.05) is 0 Å². The van der Waals surface area contributed by atoms with Crippen LogP contribution in [0.15, 0.2) is 119 Å². The minimum absolute atomic E-state index is 0.0100. The molecule has 15 rings (SSSR count). The van der Waals surface area contributed by atoms with E-state index in [1.54, 1.807) is 6.92 Å². The predicted molar refractivity (Wildman–Crippen MR) is 554 cm³/mol. The van der Waals surface area contributed by atoms with Crippen molar-refractivity contribution in [3.63, 3.8) is 0 Å². The molecule has 5 heterocycles. The second-order valence-corrected chi connectivity index (χ2v) is 44.2. The minimum atomic E-state index is -3.72. The molecule has 145 heavy (non-hydrogen) atoms. The summed E-state index contributed by atoms with van der Waals surface area (Å²) in [6, 6.07) is 0. The molecule has 0 aromatic rings. The van der Waals surface area contributed by atoms with Gasteiger partial charge in [-0.2, -0.15) is 0 Å². The Labute approximate surface area is 903 Å². The zero-order valence-corrected chi connectivity index (χ0v) is 87.7. The molecule has 0 aromatic carbocycles. The molecule has 0 bridgehead atoms. The van der Waals surface area contributed by atoms with Crippen LogP contribution in [0.25, 0.3) is 0 Å². The van der Waals surface area contributed by atoms with Gasteiger partial charge >= 0.3 is 59.7 Å². The van der Waals surface area contributed by atoms with Crippen LogP contribution in [0.4, 0.5) is 0 Å². The van der Waals surface area contributed by atoms with Crippen LogP contribution in [0.2, 0.25) is 0 Å². The van der Waals surface area contributed by atoms with Gasteiger partial charge in [-0.25, -0.2) is 0 Å². The normalized spacial score (nSPS) is 42.3. The van der Waals surface area contributed by atoms with E-state index in [-0.39, 0.29) is 194 Å². The molecule has 810 valence electrons. The molecule has 15 aliphatic rings. The lowest BCUT2D eigenvalue weighted by Gasteiger charge is -2.43. The summed E-state index contributed by atoms with van der Waals surface area (Å²) in [5.41, 5.74) is 5.32. The third kappa shape index (κ3) is 33.0.